The third kappa shape index (κ3) is 4.02. The third-order valence-electron chi connectivity index (χ3n) is 5.81. The van der Waals surface area contributed by atoms with Crippen LogP contribution in [-0.2, 0) is 4.79 Å². The van der Waals surface area contributed by atoms with Gasteiger partial charge in [-0.15, -0.1) is 5.10 Å². The van der Waals surface area contributed by atoms with Crippen LogP contribution in [0.2, 0.25) is 0 Å². The monoisotopic (exact) mass is 462 g/mol. The van der Waals surface area contributed by atoms with Gasteiger partial charge in [-0.3, -0.25) is 19.3 Å². The van der Waals surface area contributed by atoms with E-state index in [0.29, 0.717) is 40.9 Å². The minimum Gasteiger partial charge on any atom is -0.324 e. The van der Waals surface area contributed by atoms with Crippen LogP contribution in [0, 0.1) is 0 Å². The Balaban J connectivity index is 1.39. The minimum atomic E-state index is -0.912. The number of thioether (sulfide) groups is 1. The summed E-state index contributed by atoms with van der Waals surface area (Å²) in [6.07, 6.45) is 4.38. The molecular formula is C23H22N6O3S. The van der Waals surface area contributed by atoms with Crippen molar-refractivity contribution in [1.82, 2.24) is 25.1 Å². The maximum atomic E-state index is 13.3. The lowest BCUT2D eigenvalue weighted by molar-refractivity contribution is -0.120. The highest BCUT2D eigenvalue weighted by Crippen LogP contribution is 2.37. The molecule has 0 unspecified atom stereocenters. The number of hydrogen-bond donors (Lipinski definition) is 1. The molecule has 0 bridgehead atoms. The van der Waals surface area contributed by atoms with Crippen LogP contribution in [0.1, 0.15) is 46.0 Å². The summed E-state index contributed by atoms with van der Waals surface area (Å²) in [5.74, 6) is -0.00406. The molecule has 3 amide bonds. The second-order valence-electron chi connectivity index (χ2n) is 8.07. The lowest BCUT2D eigenvalue weighted by Crippen LogP contribution is -2.47. The Labute approximate surface area is 194 Å². The van der Waals surface area contributed by atoms with Crippen molar-refractivity contribution in [3.05, 3.63) is 59.7 Å². The van der Waals surface area contributed by atoms with Crippen LogP contribution in [0.3, 0.4) is 0 Å². The summed E-state index contributed by atoms with van der Waals surface area (Å²) in [7, 11) is 0. The Morgan fingerprint density at radius 1 is 1.12 bits per heavy atom. The summed E-state index contributed by atoms with van der Waals surface area (Å²) in [6, 6.07) is 13.3. The maximum absolute atomic E-state index is 13.3. The third-order valence-corrected chi connectivity index (χ3v) is 6.45. The molecule has 0 saturated heterocycles. The van der Waals surface area contributed by atoms with E-state index in [2.05, 4.69) is 20.8 Å². The molecule has 1 aliphatic heterocycles. The van der Waals surface area contributed by atoms with Gasteiger partial charge in [0.05, 0.1) is 17.2 Å². The van der Waals surface area contributed by atoms with E-state index in [1.807, 2.05) is 18.4 Å². The van der Waals surface area contributed by atoms with Crippen LogP contribution in [0.25, 0.3) is 11.4 Å². The van der Waals surface area contributed by atoms with Crippen LogP contribution < -0.4 is 5.32 Å². The van der Waals surface area contributed by atoms with Crippen LogP contribution in [0.15, 0.2) is 48.5 Å². The highest BCUT2D eigenvalue weighted by molar-refractivity contribution is 7.98. The number of tetrazole rings is 1. The number of nitrogens with one attached hydrogen (secondary N) is 1. The average molecular weight is 463 g/mol. The number of aromatic nitrogens is 4. The zero-order chi connectivity index (χ0) is 22.9. The molecule has 9 nitrogen and oxygen atoms in total. The van der Waals surface area contributed by atoms with Crippen molar-refractivity contribution in [3.8, 4) is 11.4 Å². The molecule has 2 aliphatic rings. The van der Waals surface area contributed by atoms with E-state index in [1.54, 1.807) is 52.8 Å². The van der Waals surface area contributed by atoms with Crippen LogP contribution in [0.4, 0.5) is 5.69 Å². The first-order valence-corrected chi connectivity index (χ1v) is 12.1. The fraction of sp³-hybridized carbons (Fsp3) is 0.304. The quantitative estimate of drug-likeness (QED) is 0.512. The highest BCUT2D eigenvalue weighted by Gasteiger charge is 2.42. The van der Waals surface area contributed by atoms with E-state index < -0.39 is 23.8 Å². The number of nitrogens with zero attached hydrogens (tertiary/aromatic N) is 5. The summed E-state index contributed by atoms with van der Waals surface area (Å²) in [4.78, 5) is 40.4. The Hall–Kier alpha value is -3.53. The van der Waals surface area contributed by atoms with Crippen molar-refractivity contribution in [2.45, 2.75) is 31.3 Å². The summed E-state index contributed by atoms with van der Waals surface area (Å²) in [5.41, 5.74) is 2.00. The number of benzene rings is 2. The zero-order valence-electron chi connectivity index (χ0n) is 18.0. The molecule has 2 heterocycles. The fourth-order valence-corrected chi connectivity index (χ4v) is 4.47. The Morgan fingerprint density at radius 3 is 2.52 bits per heavy atom. The minimum absolute atomic E-state index is 0.318. The lowest BCUT2D eigenvalue weighted by Gasteiger charge is -2.25. The van der Waals surface area contributed by atoms with Gasteiger partial charge in [-0.2, -0.15) is 11.8 Å². The van der Waals surface area contributed by atoms with Crippen molar-refractivity contribution >= 4 is 35.2 Å². The van der Waals surface area contributed by atoms with Crippen molar-refractivity contribution in [1.29, 1.82) is 0 Å². The normalized spacial score (nSPS) is 16.1. The topological polar surface area (TPSA) is 110 Å². The first-order chi connectivity index (χ1) is 16.1. The first-order valence-electron chi connectivity index (χ1n) is 10.7. The molecule has 1 aliphatic carbocycles. The Kier molecular flexibility index (Phi) is 5.67. The molecule has 0 radical (unpaired) electrons. The van der Waals surface area contributed by atoms with Crippen molar-refractivity contribution in [3.63, 3.8) is 0 Å². The van der Waals surface area contributed by atoms with Gasteiger partial charge in [0.1, 0.15) is 6.04 Å². The van der Waals surface area contributed by atoms with Gasteiger partial charge in [0.15, 0.2) is 5.82 Å². The maximum Gasteiger partial charge on any atom is 0.262 e. The molecule has 168 valence electrons. The molecule has 5 rings (SSSR count). The van der Waals surface area contributed by atoms with E-state index in [9.17, 15) is 14.4 Å². The Bertz CT molecular complexity index is 1200. The average Bonchev–Trinajstić information content (AvgIpc) is 3.50. The lowest BCUT2D eigenvalue weighted by atomic mass is 10.1. The molecule has 10 heteroatoms. The van der Waals surface area contributed by atoms with Crippen LogP contribution in [0.5, 0.6) is 0 Å². The summed E-state index contributed by atoms with van der Waals surface area (Å²) < 4.78 is 1.81. The van der Waals surface area contributed by atoms with Crippen molar-refractivity contribution < 1.29 is 14.4 Å². The van der Waals surface area contributed by atoms with E-state index >= 15 is 0 Å². The van der Waals surface area contributed by atoms with Crippen molar-refractivity contribution in [2.24, 2.45) is 0 Å². The standard InChI is InChI=1S/C23H22N6O3S/c1-33-12-11-19(28-22(31)17-7-2-3-8-18(17)23(28)32)21(30)24-15-6-4-5-14(13-15)20-25-26-27-29(20)16-9-10-16/h2-8,13,16,19H,9-12H2,1H3,(H,24,30)/t19-/m0/s1. The number of carbonyl (C=O) groups is 3. The van der Waals surface area contributed by atoms with Gasteiger partial charge in [0.2, 0.25) is 5.91 Å². The van der Waals surface area contributed by atoms with Gasteiger partial charge in [-0.25, -0.2) is 4.68 Å². The predicted octanol–water partition coefficient (Wildman–Crippen LogP) is 3.03. The van der Waals surface area contributed by atoms with E-state index in [1.165, 1.54) is 0 Å². The van der Waals surface area contributed by atoms with Gasteiger partial charge < -0.3 is 5.32 Å². The van der Waals surface area contributed by atoms with Gasteiger partial charge in [0.25, 0.3) is 11.8 Å². The number of hydrogen-bond acceptors (Lipinski definition) is 7. The summed E-state index contributed by atoms with van der Waals surface area (Å²) in [6.45, 7) is 0. The van der Waals surface area contributed by atoms with E-state index in [-0.39, 0.29) is 0 Å². The number of fused-ring (bicyclic) bond motifs is 1. The number of amides is 3. The highest BCUT2D eigenvalue weighted by atomic mass is 32.2. The fourth-order valence-electron chi connectivity index (χ4n) is 4.01. The van der Waals surface area contributed by atoms with Gasteiger partial charge in [-0.1, -0.05) is 24.3 Å². The Morgan fingerprint density at radius 2 is 1.85 bits per heavy atom. The predicted molar refractivity (Wildman–Crippen MR) is 124 cm³/mol. The number of imide groups is 1. The SMILES string of the molecule is CSCC[C@@H](C(=O)Nc1cccc(-c2nnnn2C2CC2)c1)N1C(=O)c2ccccc2C1=O. The van der Waals surface area contributed by atoms with Gasteiger partial charge in [0, 0.05) is 11.3 Å². The van der Waals surface area contributed by atoms with Gasteiger partial charge >= 0.3 is 0 Å². The smallest absolute Gasteiger partial charge is 0.262 e. The summed E-state index contributed by atoms with van der Waals surface area (Å²) in [5, 5.41) is 14.9. The molecular weight excluding hydrogens is 440 g/mol. The number of carbonyl (C=O) groups excluding carboxylic acids is 3. The molecule has 2 aromatic carbocycles. The number of anilines is 1. The second kappa shape index (κ2) is 8.78. The molecule has 1 N–H and O–H groups in total. The number of rotatable bonds is 8. The molecule has 33 heavy (non-hydrogen) atoms. The van der Waals surface area contributed by atoms with E-state index in [4.69, 9.17) is 0 Å². The molecule has 1 saturated carbocycles. The second-order valence-corrected chi connectivity index (χ2v) is 9.06. The first kappa shape index (κ1) is 21.3. The molecule has 1 aromatic heterocycles. The molecule has 0 spiro atoms. The summed E-state index contributed by atoms with van der Waals surface area (Å²) >= 11 is 1.56. The zero-order valence-corrected chi connectivity index (χ0v) is 18.8. The largest absolute Gasteiger partial charge is 0.324 e. The van der Waals surface area contributed by atoms with Crippen LogP contribution >= 0.6 is 11.8 Å². The molecule has 1 atom stereocenters. The van der Waals surface area contributed by atoms with Gasteiger partial charge in [-0.05, 0) is 66.0 Å². The molecule has 1 fully saturated rings. The van der Waals surface area contributed by atoms with E-state index in [0.717, 1.165) is 23.3 Å². The van der Waals surface area contributed by atoms with Crippen LogP contribution in [-0.4, -0.2) is 60.9 Å². The van der Waals surface area contributed by atoms with Crippen molar-refractivity contribution in [2.75, 3.05) is 17.3 Å². The molecule has 3 aromatic rings.